The van der Waals surface area contributed by atoms with Gasteiger partial charge in [0.05, 0.1) is 27.0 Å². The van der Waals surface area contributed by atoms with Crippen molar-refractivity contribution < 1.29 is 67.0 Å². The number of carbonyl (C=O) groups is 2. The van der Waals surface area contributed by atoms with Gasteiger partial charge in [0.1, 0.15) is 31.0 Å². The number of carbonyl (C=O) groups excluding carboxylic acids is 2. The number of alkyl halides is 6. The number of aromatic nitrogens is 2. The number of rotatable bonds is 8. The fraction of sp³-hybridized carbons (Fsp3) is 0.333. The molecule has 0 aliphatic heterocycles. The second kappa shape index (κ2) is 10.2. The van der Waals surface area contributed by atoms with Crippen LogP contribution < -0.4 is 4.74 Å². The molecule has 0 fully saturated rings. The van der Waals surface area contributed by atoms with E-state index in [4.69, 9.17) is 4.74 Å². The van der Waals surface area contributed by atoms with E-state index in [0.29, 0.717) is 11.8 Å². The smallest absolute Gasteiger partial charge is 0.469 e. The van der Waals surface area contributed by atoms with Crippen LogP contribution >= 0.6 is 0 Å². The van der Waals surface area contributed by atoms with E-state index in [1.54, 1.807) is 0 Å². The topological polar surface area (TPSA) is 148 Å². The zero-order valence-corrected chi connectivity index (χ0v) is 20.3. The van der Waals surface area contributed by atoms with Gasteiger partial charge in [0.2, 0.25) is 0 Å². The van der Waals surface area contributed by atoms with Crippen LogP contribution in [0.5, 0.6) is 5.75 Å². The lowest BCUT2D eigenvalue weighted by atomic mass is 10.1. The van der Waals surface area contributed by atoms with Crippen LogP contribution in [0.15, 0.2) is 24.3 Å². The molecule has 0 aliphatic carbocycles. The molecule has 0 saturated heterocycles. The maximum atomic E-state index is 13.3. The van der Waals surface area contributed by atoms with Crippen LogP contribution in [0.25, 0.3) is 5.69 Å². The first-order valence-electron chi connectivity index (χ1n) is 9.26. The molecule has 1 aromatic heterocycles. The standard InChI is InChI=1S/C18H15F6N2O9S2/c1-33-10-6-4-9(5-7-10)26-11(13(15(27)34-2)14(25-26)16(28)35-3)8-12(36(29,30)17(19,20)21)37(31,32)18(22,23)24/h4-7H,8H2,1-3H3/q-1. The Kier molecular flexibility index (Phi) is 8.23. The van der Waals surface area contributed by atoms with Crippen molar-refractivity contribution in [3.63, 3.8) is 0 Å². The van der Waals surface area contributed by atoms with E-state index in [1.807, 2.05) is 0 Å². The molecule has 11 nitrogen and oxygen atoms in total. The molecule has 0 spiro atoms. The van der Waals surface area contributed by atoms with Gasteiger partial charge in [-0.2, -0.15) is 31.4 Å². The van der Waals surface area contributed by atoms with Crippen molar-refractivity contribution in [3.05, 3.63) is 45.8 Å². The first kappa shape index (κ1) is 29.9. The van der Waals surface area contributed by atoms with Crippen LogP contribution in [-0.2, 0) is 35.6 Å². The molecule has 206 valence electrons. The monoisotopic (exact) mass is 581 g/mol. The molecule has 37 heavy (non-hydrogen) atoms. The van der Waals surface area contributed by atoms with E-state index in [-0.39, 0.29) is 11.4 Å². The summed E-state index contributed by atoms with van der Waals surface area (Å²) in [4.78, 5) is 24.7. The Labute approximate surface area is 204 Å². The molecule has 0 unspecified atom stereocenters. The third-order valence-electron chi connectivity index (χ3n) is 4.59. The van der Waals surface area contributed by atoms with Gasteiger partial charge in [-0.15, -0.1) is 6.42 Å². The van der Waals surface area contributed by atoms with Gasteiger partial charge in [-0.3, -0.25) is 16.8 Å². The molecule has 2 aromatic rings. The minimum atomic E-state index is -7.17. The number of benzene rings is 1. The van der Waals surface area contributed by atoms with Crippen molar-refractivity contribution in [2.45, 2.75) is 17.4 Å². The Bertz CT molecular complexity index is 1350. The van der Waals surface area contributed by atoms with Crippen molar-refractivity contribution in [3.8, 4) is 11.4 Å². The molecule has 0 saturated carbocycles. The molecular weight excluding hydrogens is 566 g/mol. The van der Waals surface area contributed by atoms with Gasteiger partial charge in [-0.25, -0.2) is 14.3 Å². The van der Waals surface area contributed by atoms with Crippen LogP contribution in [0.1, 0.15) is 26.5 Å². The fourth-order valence-corrected chi connectivity index (χ4v) is 5.73. The fourth-order valence-electron chi connectivity index (χ4n) is 2.84. The molecule has 1 heterocycles. The summed E-state index contributed by atoms with van der Waals surface area (Å²) >= 11 is 0. The van der Waals surface area contributed by atoms with Gasteiger partial charge < -0.3 is 14.2 Å². The highest BCUT2D eigenvalue weighted by molar-refractivity contribution is 8.13. The summed E-state index contributed by atoms with van der Waals surface area (Å²) < 4.78 is 139. The maximum absolute atomic E-state index is 13.3. The lowest BCUT2D eigenvalue weighted by Crippen LogP contribution is -2.41. The minimum Gasteiger partial charge on any atom is -0.497 e. The van der Waals surface area contributed by atoms with E-state index in [2.05, 4.69) is 14.6 Å². The predicted molar refractivity (Wildman–Crippen MR) is 110 cm³/mol. The Morgan fingerprint density at radius 3 is 1.70 bits per heavy atom. The maximum Gasteiger partial charge on any atom is 0.469 e. The summed E-state index contributed by atoms with van der Waals surface area (Å²) in [5.41, 5.74) is -16.6. The number of methoxy groups -OCH3 is 3. The zero-order valence-electron chi connectivity index (χ0n) is 18.7. The van der Waals surface area contributed by atoms with E-state index >= 15 is 0 Å². The summed E-state index contributed by atoms with van der Waals surface area (Å²) in [6, 6.07) is 4.65. The van der Waals surface area contributed by atoms with E-state index in [9.17, 15) is 52.8 Å². The Balaban J connectivity index is 3.01. The molecule has 2 rings (SSSR count). The van der Waals surface area contributed by atoms with E-state index < -0.39 is 70.6 Å². The van der Waals surface area contributed by atoms with Crippen LogP contribution in [0.2, 0.25) is 0 Å². The number of sulfone groups is 2. The number of nitrogens with zero attached hydrogens (tertiary/aromatic N) is 2. The first-order chi connectivity index (χ1) is 16.8. The van der Waals surface area contributed by atoms with Crippen molar-refractivity contribution in [2.24, 2.45) is 0 Å². The van der Waals surface area contributed by atoms with Gasteiger partial charge in [0.25, 0.3) is 0 Å². The van der Waals surface area contributed by atoms with Crippen molar-refractivity contribution >= 4 is 31.6 Å². The Hall–Kier alpha value is -3.35. The average Bonchev–Trinajstić information content (AvgIpc) is 3.19. The summed E-state index contributed by atoms with van der Waals surface area (Å²) in [5, 5.41) is 3.65. The molecule has 0 amide bonds. The van der Waals surface area contributed by atoms with Crippen molar-refractivity contribution in [2.75, 3.05) is 21.3 Å². The summed E-state index contributed by atoms with van der Waals surface area (Å²) in [6.07, 6.45) is -2.20. The quantitative estimate of drug-likeness (QED) is 0.258. The number of halogens is 6. The molecule has 19 heteroatoms. The lowest BCUT2D eigenvalue weighted by Gasteiger charge is -2.31. The van der Waals surface area contributed by atoms with Gasteiger partial charge in [0.15, 0.2) is 5.69 Å². The highest BCUT2D eigenvalue weighted by Crippen LogP contribution is 2.43. The molecule has 0 N–H and O–H groups in total. The van der Waals surface area contributed by atoms with E-state index in [0.717, 1.165) is 19.2 Å². The van der Waals surface area contributed by atoms with Crippen LogP contribution in [0, 0.1) is 4.58 Å². The third kappa shape index (κ3) is 5.50. The van der Waals surface area contributed by atoms with Crippen molar-refractivity contribution in [1.82, 2.24) is 9.78 Å². The Morgan fingerprint density at radius 2 is 1.32 bits per heavy atom. The first-order valence-corrected chi connectivity index (χ1v) is 12.2. The number of ether oxygens (including phenoxy) is 3. The highest BCUT2D eigenvalue weighted by Gasteiger charge is 2.54. The van der Waals surface area contributed by atoms with Crippen LogP contribution in [0.4, 0.5) is 26.3 Å². The number of esters is 2. The van der Waals surface area contributed by atoms with Crippen molar-refractivity contribution in [1.29, 1.82) is 0 Å². The normalized spacial score (nSPS) is 12.9. The van der Waals surface area contributed by atoms with Crippen LogP contribution in [0.3, 0.4) is 0 Å². The van der Waals surface area contributed by atoms with Gasteiger partial charge >= 0.3 is 23.0 Å². The average molecular weight is 581 g/mol. The lowest BCUT2D eigenvalue weighted by molar-refractivity contribution is -0.0455. The molecule has 0 radical (unpaired) electrons. The van der Waals surface area contributed by atoms with Gasteiger partial charge in [-0.05, 0) is 24.3 Å². The summed E-state index contributed by atoms with van der Waals surface area (Å²) in [5.74, 6) is -2.82. The molecule has 0 bridgehead atoms. The second-order valence-electron chi connectivity index (χ2n) is 6.71. The van der Waals surface area contributed by atoms with E-state index in [1.165, 1.54) is 19.2 Å². The second-order valence-corrected chi connectivity index (χ2v) is 10.9. The SMILES string of the molecule is COC(=O)c1nn(-c2ccc(OC)cc2)c(C[C-](S(=O)(=O)C(F)(F)F)S(=O)(=O)C(F)(F)F)c1C(=O)OC. The molecule has 0 aliphatic rings. The zero-order chi connectivity index (χ0) is 28.6. The minimum absolute atomic E-state index is 0.199. The molecular formula is C18H15F6N2O9S2-. The highest BCUT2D eigenvalue weighted by atomic mass is 32.3. The molecule has 1 aromatic carbocycles. The summed E-state index contributed by atoms with van der Waals surface area (Å²) in [6.45, 7) is 0. The van der Waals surface area contributed by atoms with Gasteiger partial charge in [-0.1, -0.05) is 4.58 Å². The Morgan fingerprint density at radius 1 is 0.865 bits per heavy atom. The number of hydrogen-bond donors (Lipinski definition) is 0. The molecule has 0 atom stereocenters. The predicted octanol–water partition coefficient (Wildman–Crippen LogP) is 2.36. The number of hydrogen-bond acceptors (Lipinski definition) is 10. The third-order valence-corrected chi connectivity index (χ3v) is 8.61. The summed E-state index contributed by atoms with van der Waals surface area (Å²) in [7, 11) is -11.6. The van der Waals surface area contributed by atoms with Crippen LogP contribution in [-0.4, -0.2) is 70.9 Å². The largest absolute Gasteiger partial charge is 0.497 e. The van der Waals surface area contributed by atoms with Gasteiger partial charge in [0, 0.05) is 5.69 Å².